The fourth-order valence-corrected chi connectivity index (χ4v) is 2.62. The van der Waals surface area contributed by atoms with Crippen molar-refractivity contribution in [1.29, 1.82) is 0 Å². The van der Waals surface area contributed by atoms with Gasteiger partial charge in [0.1, 0.15) is 5.52 Å². The summed E-state index contributed by atoms with van der Waals surface area (Å²) in [5.41, 5.74) is 2.02. The Balaban J connectivity index is 1.71. The lowest BCUT2D eigenvalue weighted by molar-refractivity contribution is 0.262. The second-order valence-electron chi connectivity index (χ2n) is 4.16. The van der Waals surface area contributed by atoms with Gasteiger partial charge in [-0.3, -0.25) is 0 Å². The zero-order valence-corrected chi connectivity index (χ0v) is 12.8. The average Bonchev–Trinajstić information content (AvgIpc) is 2.90. The molecule has 3 rings (SSSR count). The van der Waals surface area contributed by atoms with Crippen LogP contribution >= 0.6 is 34.7 Å². The summed E-state index contributed by atoms with van der Waals surface area (Å²) >= 11 is 13.0. The van der Waals surface area contributed by atoms with E-state index < -0.39 is 0 Å². The lowest BCUT2D eigenvalue weighted by Gasteiger charge is -2.08. The Kier molecular flexibility index (Phi) is 3.92. The van der Waals surface area contributed by atoms with Crippen LogP contribution in [0.15, 0.2) is 36.4 Å². The lowest BCUT2D eigenvalue weighted by Crippen LogP contribution is -2.19. The van der Waals surface area contributed by atoms with E-state index in [0.717, 1.165) is 10.2 Å². The third-order valence-electron chi connectivity index (χ3n) is 2.68. The van der Waals surface area contributed by atoms with E-state index in [9.17, 15) is 4.79 Å². The van der Waals surface area contributed by atoms with Crippen LogP contribution in [0.5, 0.6) is 0 Å². The van der Waals surface area contributed by atoms with Crippen molar-refractivity contribution in [1.82, 2.24) is 9.59 Å². The molecule has 2 N–H and O–H groups in total. The predicted octanol–water partition coefficient (Wildman–Crippen LogP) is 4.64. The predicted molar refractivity (Wildman–Crippen MR) is 86.5 cm³/mol. The molecule has 2 aromatic carbocycles. The van der Waals surface area contributed by atoms with Gasteiger partial charge in [0.15, 0.2) is 0 Å². The van der Waals surface area contributed by atoms with Gasteiger partial charge in [0, 0.05) is 11.4 Å². The van der Waals surface area contributed by atoms with Crippen LogP contribution in [0.25, 0.3) is 10.2 Å². The first-order chi connectivity index (χ1) is 10.1. The van der Waals surface area contributed by atoms with Gasteiger partial charge in [-0.15, -0.1) is 5.10 Å². The number of fused-ring (bicyclic) bond motifs is 1. The molecular formula is C13H8Cl2N4OS. The summed E-state index contributed by atoms with van der Waals surface area (Å²) < 4.78 is 4.75. The van der Waals surface area contributed by atoms with Crippen molar-refractivity contribution >= 4 is 62.4 Å². The van der Waals surface area contributed by atoms with Crippen molar-refractivity contribution in [2.75, 3.05) is 10.6 Å². The van der Waals surface area contributed by atoms with Crippen molar-refractivity contribution in [3.8, 4) is 0 Å². The van der Waals surface area contributed by atoms with Gasteiger partial charge in [-0.25, -0.2) is 4.79 Å². The first-order valence-electron chi connectivity index (χ1n) is 5.87. The Bertz CT molecular complexity index is 821. The minimum atomic E-state index is -0.370. The summed E-state index contributed by atoms with van der Waals surface area (Å²) in [4.78, 5) is 11.9. The summed E-state index contributed by atoms with van der Waals surface area (Å²) in [5, 5.41) is 10.2. The quantitative estimate of drug-likeness (QED) is 0.715. The van der Waals surface area contributed by atoms with Crippen LogP contribution in [0, 0.1) is 0 Å². The molecule has 1 heterocycles. The molecule has 0 fully saturated rings. The van der Waals surface area contributed by atoms with Crippen molar-refractivity contribution in [2.45, 2.75) is 0 Å². The van der Waals surface area contributed by atoms with Crippen molar-refractivity contribution in [3.63, 3.8) is 0 Å². The monoisotopic (exact) mass is 338 g/mol. The summed E-state index contributed by atoms with van der Waals surface area (Å²) in [6, 6.07) is 9.88. The van der Waals surface area contributed by atoms with Crippen molar-refractivity contribution in [2.24, 2.45) is 0 Å². The largest absolute Gasteiger partial charge is 0.323 e. The van der Waals surface area contributed by atoms with Gasteiger partial charge in [-0.2, -0.15) is 0 Å². The molecule has 1 aromatic heterocycles. The molecule has 0 unspecified atom stereocenters. The Morgan fingerprint density at radius 2 is 1.71 bits per heavy atom. The molecule has 0 saturated heterocycles. The topological polar surface area (TPSA) is 66.9 Å². The van der Waals surface area contributed by atoms with E-state index in [0.29, 0.717) is 21.4 Å². The molecule has 0 aliphatic carbocycles. The number of urea groups is 1. The van der Waals surface area contributed by atoms with Gasteiger partial charge in [0.25, 0.3) is 0 Å². The van der Waals surface area contributed by atoms with E-state index in [1.54, 1.807) is 30.3 Å². The molecule has 0 saturated carbocycles. The van der Waals surface area contributed by atoms with Crippen LogP contribution in [-0.2, 0) is 0 Å². The molecule has 3 aromatic rings. The highest BCUT2D eigenvalue weighted by molar-refractivity contribution is 7.12. The number of hydrogen-bond donors (Lipinski definition) is 2. The maximum Gasteiger partial charge on any atom is 0.323 e. The molecule has 0 atom stereocenters. The Hall–Kier alpha value is -1.89. The number of carbonyl (C=O) groups is 1. The Labute approximate surface area is 134 Å². The smallest absolute Gasteiger partial charge is 0.308 e. The van der Waals surface area contributed by atoms with Crippen LogP contribution in [0.3, 0.4) is 0 Å². The SMILES string of the molecule is O=C(Nc1ccc(Cl)c(Cl)c1)Nc1ccc2nnsc2c1. The maximum atomic E-state index is 11.9. The minimum Gasteiger partial charge on any atom is -0.308 e. The number of benzene rings is 2. The number of aromatic nitrogens is 2. The highest BCUT2D eigenvalue weighted by Gasteiger charge is 2.06. The van der Waals surface area contributed by atoms with Gasteiger partial charge >= 0.3 is 6.03 Å². The molecule has 5 nitrogen and oxygen atoms in total. The van der Waals surface area contributed by atoms with E-state index in [2.05, 4.69) is 20.2 Å². The van der Waals surface area contributed by atoms with Gasteiger partial charge < -0.3 is 10.6 Å². The van der Waals surface area contributed by atoms with Gasteiger partial charge in [-0.1, -0.05) is 27.7 Å². The zero-order valence-electron chi connectivity index (χ0n) is 10.4. The molecule has 0 radical (unpaired) electrons. The lowest BCUT2D eigenvalue weighted by atomic mass is 10.3. The second kappa shape index (κ2) is 5.85. The summed E-state index contributed by atoms with van der Waals surface area (Å²) in [5.74, 6) is 0. The number of nitrogens with one attached hydrogen (secondary N) is 2. The fourth-order valence-electron chi connectivity index (χ4n) is 1.72. The van der Waals surface area contributed by atoms with E-state index in [4.69, 9.17) is 23.2 Å². The van der Waals surface area contributed by atoms with Crippen LogP contribution in [0.2, 0.25) is 10.0 Å². The molecule has 21 heavy (non-hydrogen) atoms. The summed E-state index contributed by atoms with van der Waals surface area (Å²) in [6.07, 6.45) is 0. The summed E-state index contributed by atoms with van der Waals surface area (Å²) in [6.45, 7) is 0. The third kappa shape index (κ3) is 3.24. The maximum absolute atomic E-state index is 11.9. The first-order valence-corrected chi connectivity index (χ1v) is 7.40. The van der Waals surface area contributed by atoms with E-state index in [1.165, 1.54) is 11.5 Å². The number of nitrogens with zero attached hydrogens (tertiary/aromatic N) is 2. The Morgan fingerprint density at radius 1 is 1.00 bits per heavy atom. The fraction of sp³-hybridized carbons (Fsp3) is 0. The normalized spacial score (nSPS) is 10.6. The Morgan fingerprint density at radius 3 is 2.48 bits per heavy atom. The summed E-state index contributed by atoms with van der Waals surface area (Å²) in [7, 11) is 0. The molecule has 106 valence electrons. The highest BCUT2D eigenvalue weighted by Crippen LogP contribution is 2.25. The van der Waals surface area contributed by atoms with E-state index in [1.807, 2.05) is 6.07 Å². The number of hydrogen-bond acceptors (Lipinski definition) is 4. The van der Waals surface area contributed by atoms with E-state index in [-0.39, 0.29) is 6.03 Å². The number of halogens is 2. The number of anilines is 2. The van der Waals surface area contributed by atoms with Gasteiger partial charge in [0.05, 0.1) is 14.7 Å². The average molecular weight is 339 g/mol. The second-order valence-corrected chi connectivity index (χ2v) is 5.76. The molecule has 2 amide bonds. The number of carbonyl (C=O) groups excluding carboxylic acids is 1. The van der Waals surface area contributed by atoms with Crippen LogP contribution in [0.1, 0.15) is 0 Å². The highest BCUT2D eigenvalue weighted by atomic mass is 35.5. The van der Waals surface area contributed by atoms with Crippen LogP contribution < -0.4 is 10.6 Å². The minimum absolute atomic E-state index is 0.370. The van der Waals surface area contributed by atoms with Gasteiger partial charge in [-0.05, 0) is 47.9 Å². The zero-order chi connectivity index (χ0) is 14.8. The number of amides is 2. The molecule has 0 aliphatic rings. The number of rotatable bonds is 2. The van der Waals surface area contributed by atoms with Crippen LogP contribution in [-0.4, -0.2) is 15.6 Å². The van der Waals surface area contributed by atoms with Crippen molar-refractivity contribution < 1.29 is 4.79 Å². The van der Waals surface area contributed by atoms with Crippen molar-refractivity contribution in [3.05, 3.63) is 46.4 Å². The molecule has 0 aliphatic heterocycles. The third-order valence-corrected chi connectivity index (χ3v) is 4.11. The molecule has 0 bridgehead atoms. The molecule has 8 heteroatoms. The standard InChI is InChI=1S/C13H8Cl2N4OS/c14-9-3-1-7(5-10(9)15)16-13(20)17-8-2-4-11-12(6-8)21-19-18-11/h1-6H,(H2,16,17,20). The van der Waals surface area contributed by atoms with E-state index >= 15 is 0 Å². The van der Waals surface area contributed by atoms with Crippen LogP contribution in [0.4, 0.5) is 16.2 Å². The first kappa shape index (κ1) is 14.1. The molecular weight excluding hydrogens is 331 g/mol. The molecule has 0 spiro atoms. The van der Waals surface area contributed by atoms with Gasteiger partial charge in [0.2, 0.25) is 0 Å².